The van der Waals surface area contributed by atoms with Gasteiger partial charge in [0, 0.05) is 11.3 Å². The number of hydrogen-bond donors (Lipinski definition) is 0. The number of fused-ring (bicyclic) bond motifs is 1. The van der Waals surface area contributed by atoms with Crippen LogP contribution in [0.3, 0.4) is 0 Å². The standard InChI is InChI=1S/C23H20N2O5S/c1-28-17-9-7-15(8-10-17)13-25-21(26)18-5-3-4-6-19(18)24-23(25)31-14-16-11-12-30-20(16)22(27)29-2/h3-12H,13-14H2,1-2H3. The molecule has 0 aliphatic carbocycles. The average molecular weight is 436 g/mol. The van der Waals surface area contributed by atoms with E-state index in [1.54, 1.807) is 23.8 Å². The quantitative estimate of drug-likeness (QED) is 0.245. The molecular weight excluding hydrogens is 416 g/mol. The van der Waals surface area contributed by atoms with Crippen molar-refractivity contribution in [1.82, 2.24) is 9.55 Å². The van der Waals surface area contributed by atoms with Crippen molar-refractivity contribution in [2.75, 3.05) is 14.2 Å². The second-order valence-electron chi connectivity index (χ2n) is 6.71. The van der Waals surface area contributed by atoms with Gasteiger partial charge in [0.1, 0.15) is 5.75 Å². The first-order valence-electron chi connectivity index (χ1n) is 9.50. The molecule has 0 saturated heterocycles. The maximum absolute atomic E-state index is 13.3. The van der Waals surface area contributed by atoms with E-state index in [1.807, 2.05) is 42.5 Å². The molecule has 2 aromatic heterocycles. The summed E-state index contributed by atoms with van der Waals surface area (Å²) in [5.41, 5.74) is 2.13. The zero-order valence-electron chi connectivity index (χ0n) is 17.0. The van der Waals surface area contributed by atoms with Crippen molar-refractivity contribution in [3.05, 3.63) is 88.1 Å². The summed E-state index contributed by atoms with van der Waals surface area (Å²) < 4.78 is 16.9. The van der Waals surface area contributed by atoms with Crippen LogP contribution in [0, 0.1) is 0 Å². The van der Waals surface area contributed by atoms with E-state index in [0.717, 1.165) is 11.3 Å². The number of nitrogens with zero attached hydrogens (tertiary/aromatic N) is 2. The topological polar surface area (TPSA) is 83.6 Å². The molecule has 0 fully saturated rings. The Bertz CT molecular complexity index is 1280. The summed E-state index contributed by atoms with van der Waals surface area (Å²) in [5.74, 6) is 0.758. The summed E-state index contributed by atoms with van der Waals surface area (Å²) in [6.45, 7) is 0.359. The Morgan fingerprint density at radius 2 is 1.87 bits per heavy atom. The molecule has 0 bridgehead atoms. The Hall–Kier alpha value is -3.52. The number of benzene rings is 2. The summed E-state index contributed by atoms with van der Waals surface area (Å²) >= 11 is 1.36. The normalized spacial score (nSPS) is 10.9. The minimum Gasteiger partial charge on any atom is -0.497 e. The molecular formula is C23H20N2O5S. The van der Waals surface area contributed by atoms with Crippen LogP contribution in [0.25, 0.3) is 10.9 Å². The molecule has 0 N–H and O–H groups in total. The number of rotatable bonds is 7. The average Bonchev–Trinajstić information content (AvgIpc) is 3.28. The van der Waals surface area contributed by atoms with Crippen LogP contribution in [0.4, 0.5) is 0 Å². The van der Waals surface area contributed by atoms with Crippen LogP contribution in [0.15, 0.2) is 75.2 Å². The minimum absolute atomic E-state index is 0.121. The molecule has 4 aromatic rings. The minimum atomic E-state index is -0.539. The number of ether oxygens (including phenoxy) is 2. The van der Waals surface area contributed by atoms with Gasteiger partial charge in [0.15, 0.2) is 5.16 Å². The molecule has 0 unspecified atom stereocenters. The Kier molecular flexibility index (Phi) is 6.08. The van der Waals surface area contributed by atoms with E-state index >= 15 is 0 Å². The van der Waals surface area contributed by atoms with Crippen molar-refractivity contribution in [3.63, 3.8) is 0 Å². The lowest BCUT2D eigenvalue weighted by molar-refractivity contribution is 0.0564. The lowest BCUT2D eigenvalue weighted by Gasteiger charge is -2.13. The van der Waals surface area contributed by atoms with Crippen molar-refractivity contribution >= 4 is 28.6 Å². The van der Waals surface area contributed by atoms with Crippen LogP contribution in [0.5, 0.6) is 5.75 Å². The Morgan fingerprint density at radius 3 is 2.61 bits per heavy atom. The molecule has 0 atom stereocenters. The lowest BCUT2D eigenvalue weighted by atomic mass is 10.2. The van der Waals surface area contributed by atoms with Crippen LogP contribution >= 0.6 is 11.8 Å². The number of furan rings is 1. The van der Waals surface area contributed by atoms with Gasteiger partial charge in [-0.15, -0.1) is 0 Å². The highest BCUT2D eigenvalue weighted by Crippen LogP contribution is 2.26. The highest BCUT2D eigenvalue weighted by Gasteiger charge is 2.18. The first-order chi connectivity index (χ1) is 15.1. The largest absolute Gasteiger partial charge is 0.497 e. The first-order valence-corrected chi connectivity index (χ1v) is 10.5. The highest BCUT2D eigenvalue weighted by atomic mass is 32.2. The van der Waals surface area contributed by atoms with E-state index in [4.69, 9.17) is 18.9 Å². The van der Waals surface area contributed by atoms with Crippen LogP contribution in [0.1, 0.15) is 21.7 Å². The van der Waals surface area contributed by atoms with Gasteiger partial charge in [-0.25, -0.2) is 9.78 Å². The Balaban J connectivity index is 1.71. The number of methoxy groups -OCH3 is 2. The highest BCUT2D eigenvalue weighted by molar-refractivity contribution is 7.98. The van der Waals surface area contributed by atoms with Crippen molar-refractivity contribution in [2.45, 2.75) is 17.5 Å². The van der Waals surface area contributed by atoms with Gasteiger partial charge < -0.3 is 13.9 Å². The van der Waals surface area contributed by atoms with Crippen molar-refractivity contribution in [2.24, 2.45) is 0 Å². The number of carbonyl (C=O) groups excluding carboxylic acids is 1. The second kappa shape index (κ2) is 9.09. The van der Waals surface area contributed by atoms with Crippen molar-refractivity contribution < 1.29 is 18.7 Å². The second-order valence-corrected chi connectivity index (χ2v) is 7.65. The van der Waals surface area contributed by atoms with Crippen LogP contribution in [-0.4, -0.2) is 29.7 Å². The third-order valence-electron chi connectivity index (χ3n) is 4.80. The van der Waals surface area contributed by atoms with Gasteiger partial charge in [0.2, 0.25) is 5.76 Å². The number of carbonyl (C=O) groups is 1. The van der Waals surface area contributed by atoms with Gasteiger partial charge in [0.05, 0.1) is 37.9 Å². The number of thioether (sulfide) groups is 1. The van der Waals surface area contributed by atoms with Crippen LogP contribution < -0.4 is 10.3 Å². The van der Waals surface area contributed by atoms with Crippen LogP contribution in [0.2, 0.25) is 0 Å². The van der Waals surface area contributed by atoms with Crippen molar-refractivity contribution in [1.29, 1.82) is 0 Å². The number of para-hydroxylation sites is 1. The fraction of sp³-hybridized carbons (Fsp3) is 0.174. The molecule has 0 saturated carbocycles. The van der Waals surface area contributed by atoms with E-state index in [1.165, 1.54) is 25.1 Å². The third kappa shape index (κ3) is 4.34. The molecule has 4 rings (SSSR count). The molecule has 0 aliphatic rings. The van der Waals surface area contributed by atoms with Gasteiger partial charge in [-0.05, 0) is 35.9 Å². The van der Waals surface area contributed by atoms with Gasteiger partial charge in [-0.3, -0.25) is 9.36 Å². The predicted molar refractivity (Wildman–Crippen MR) is 118 cm³/mol. The predicted octanol–water partition coefficient (Wildman–Crippen LogP) is 4.13. The molecule has 0 radical (unpaired) electrons. The monoisotopic (exact) mass is 436 g/mol. The number of aromatic nitrogens is 2. The summed E-state index contributed by atoms with van der Waals surface area (Å²) in [5, 5.41) is 1.11. The number of hydrogen-bond acceptors (Lipinski definition) is 7. The maximum atomic E-state index is 13.3. The fourth-order valence-corrected chi connectivity index (χ4v) is 4.15. The lowest BCUT2D eigenvalue weighted by Crippen LogP contribution is -2.24. The summed E-state index contributed by atoms with van der Waals surface area (Å²) in [6, 6.07) is 16.5. The van der Waals surface area contributed by atoms with Gasteiger partial charge in [0.25, 0.3) is 5.56 Å². The summed E-state index contributed by atoms with van der Waals surface area (Å²) in [4.78, 5) is 29.9. The van der Waals surface area contributed by atoms with Gasteiger partial charge >= 0.3 is 5.97 Å². The molecule has 158 valence electrons. The van der Waals surface area contributed by atoms with Gasteiger partial charge in [-0.2, -0.15) is 0 Å². The zero-order chi connectivity index (χ0) is 21.8. The zero-order valence-corrected chi connectivity index (χ0v) is 17.8. The molecule has 0 spiro atoms. The summed E-state index contributed by atoms with van der Waals surface area (Å²) in [6.07, 6.45) is 1.44. The Morgan fingerprint density at radius 1 is 1.10 bits per heavy atom. The van der Waals surface area contributed by atoms with Gasteiger partial charge in [-0.1, -0.05) is 36.0 Å². The van der Waals surface area contributed by atoms with E-state index in [-0.39, 0.29) is 11.3 Å². The molecule has 7 nitrogen and oxygen atoms in total. The van der Waals surface area contributed by atoms with Crippen molar-refractivity contribution in [3.8, 4) is 5.75 Å². The number of esters is 1. The molecule has 2 aromatic carbocycles. The molecule has 8 heteroatoms. The molecule has 0 aliphatic heterocycles. The van der Waals surface area contributed by atoms with Crippen LogP contribution in [-0.2, 0) is 17.0 Å². The van der Waals surface area contributed by atoms with E-state index in [0.29, 0.717) is 33.9 Å². The SMILES string of the molecule is COC(=O)c1occc1CSc1nc2ccccc2c(=O)n1Cc1ccc(OC)cc1. The fourth-order valence-electron chi connectivity index (χ4n) is 3.17. The summed E-state index contributed by atoms with van der Waals surface area (Å²) in [7, 11) is 2.92. The molecule has 2 heterocycles. The smallest absolute Gasteiger partial charge is 0.374 e. The molecule has 31 heavy (non-hydrogen) atoms. The first kappa shape index (κ1) is 20.7. The maximum Gasteiger partial charge on any atom is 0.374 e. The van der Waals surface area contributed by atoms with E-state index < -0.39 is 5.97 Å². The Labute approximate surface area is 182 Å². The van der Waals surface area contributed by atoms with E-state index in [2.05, 4.69) is 0 Å². The third-order valence-corrected chi connectivity index (χ3v) is 5.83. The van der Waals surface area contributed by atoms with E-state index in [9.17, 15) is 9.59 Å². The molecule has 0 amide bonds.